The van der Waals surface area contributed by atoms with Crippen LogP contribution in [-0.2, 0) is 10.5 Å². The summed E-state index contributed by atoms with van der Waals surface area (Å²) in [4.78, 5) is 25.7. The first kappa shape index (κ1) is 26.2. The van der Waals surface area contributed by atoms with E-state index >= 15 is 0 Å². The summed E-state index contributed by atoms with van der Waals surface area (Å²) in [6, 6.07) is 11.2. The molecular formula is C26H38N2O3S. The average Bonchev–Trinajstić information content (AvgIpc) is 3.26. The van der Waals surface area contributed by atoms with Crippen molar-refractivity contribution in [3.63, 3.8) is 0 Å². The van der Waals surface area contributed by atoms with E-state index in [2.05, 4.69) is 31.4 Å². The van der Waals surface area contributed by atoms with Gasteiger partial charge in [0, 0.05) is 18.2 Å². The van der Waals surface area contributed by atoms with Crippen LogP contribution in [0.15, 0.2) is 47.1 Å². The summed E-state index contributed by atoms with van der Waals surface area (Å²) < 4.78 is 5.35. The molecule has 0 bridgehead atoms. The van der Waals surface area contributed by atoms with Crippen LogP contribution < -0.4 is 10.6 Å². The Kier molecular flexibility index (Phi) is 11.6. The third-order valence-electron chi connectivity index (χ3n) is 5.29. The molecule has 1 amide bonds. The molecule has 176 valence electrons. The predicted molar refractivity (Wildman–Crippen MR) is 133 cm³/mol. The largest absolute Gasteiger partial charge is 0.468 e. The van der Waals surface area contributed by atoms with Crippen LogP contribution in [0, 0.1) is 12.8 Å². The molecule has 0 saturated carbocycles. The molecule has 2 unspecified atom stereocenters. The minimum Gasteiger partial charge on any atom is -0.468 e. The highest BCUT2D eigenvalue weighted by molar-refractivity contribution is 7.99. The maximum absolute atomic E-state index is 12.9. The Morgan fingerprint density at radius 3 is 2.62 bits per heavy atom. The van der Waals surface area contributed by atoms with Crippen LogP contribution in [0.2, 0.25) is 0 Å². The number of hydrogen-bond donors (Lipinski definition) is 2. The number of ketones is 1. The van der Waals surface area contributed by atoms with Gasteiger partial charge in [0.25, 0.3) is 5.91 Å². The highest BCUT2D eigenvalue weighted by Crippen LogP contribution is 2.15. The highest BCUT2D eigenvalue weighted by atomic mass is 32.2. The average molecular weight is 459 g/mol. The van der Waals surface area contributed by atoms with Gasteiger partial charge in [0.05, 0.1) is 23.8 Å². The summed E-state index contributed by atoms with van der Waals surface area (Å²) in [6.07, 6.45) is 5.37. The second-order valence-electron chi connectivity index (χ2n) is 8.81. The fraction of sp³-hybridized carbons (Fsp3) is 0.538. The molecule has 6 heteroatoms. The van der Waals surface area contributed by atoms with E-state index in [1.165, 1.54) is 0 Å². The summed E-state index contributed by atoms with van der Waals surface area (Å²) in [5, 5.41) is 6.64. The molecule has 1 aromatic heterocycles. The number of Topliss-reactive ketones (excluding diaryl/α,β-unsaturated/α-hetero) is 1. The van der Waals surface area contributed by atoms with Gasteiger partial charge in [0.2, 0.25) is 0 Å². The maximum atomic E-state index is 12.9. The van der Waals surface area contributed by atoms with Crippen LogP contribution in [0.1, 0.15) is 68.1 Å². The molecular weight excluding hydrogens is 420 g/mol. The van der Waals surface area contributed by atoms with E-state index in [0.29, 0.717) is 29.5 Å². The molecule has 2 rings (SSSR count). The number of carbonyl (C=O) groups excluding carboxylic acids is 2. The number of amides is 1. The van der Waals surface area contributed by atoms with Gasteiger partial charge in [-0.25, -0.2) is 0 Å². The number of unbranched alkanes of at least 4 members (excludes halogenated alkanes) is 1. The van der Waals surface area contributed by atoms with E-state index in [1.54, 1.807) is 18.0 Å². The van der Waals surface area contributed by atoms with Gasteiger partial charge in [-0.3, -0.25) is 9.59 Å². The van der Waals surface area contributed by atoms with E-state index < -0.39 is 0 Å². The number of hydrogen-bond acceptors (Lipinski definition) is 5. The number of carbonyl (C=O) groups is 2. The molecule has 32 heavy (non-hydrogen) atoms. The number of furan rings is 1. The van der Waals surface area contributed by atoms with Gasteiger partial charge in [-0.05, 0) is 49.9 Å². The van der Waals surface area contributed by atoms with Gasteiger partial charge in [0.1, 0.15) is 5.76 Å². The van der Waals surface area contributed by atoms with E-state index in [1.807, 2.05) is 43.3 Å². The van der Waals surface area contributed by atoms with Crippen molar-refractivity contribution < 1.29 is 14.0 Å². The number of benzene rings is 1. The topological polar surface area (TPSA) is 71.3 Å². The third kappa shape index (κ3) is 9.61. The lowest BCUT2D eigenvalue weighted by atomic mass is 10.0. The van der Waals surface area contributed by atoms with Crippen LogP contribution in [0.25, 0.3) is 0 Å². The monoisotopic (exact) mass is 458 g/mol. The van der Waals surface area contributed by atoms with Crippen molar-refractivity contribution in [2.24, 2.45) is 5.92 Å². The number of aryl methyl sites for hydroxylation is 1. The lowest BCUT2D eigenvalue weighted by Crippen LogP contribution is -2.48. The van der Waals surface area contributed by atoms with Crippen LogP contribution in [-0.4, -0.2) is 36.1 Å². The van der Waals surface area contributed by atoms with Crippen molar-refractivity contribution in [1.29, 1.82) is 0 Å². The molecule has 0 aliphatic carbocycles. The Hall–Kier alpha value is -2.05. The van der Waals surface area contributed by atoms with Gasteiger partial charge < -0.3 is 15.1 Å². The number of thioether (sulfide) groups is 1. The molecule has 0 fully saturated rings. The molecule has 2 N–H and O–H groups in total. The van der Waals surface area contributed by atoms with Gasteiger partial charge in [0.15, 0.2) is 5.78 Å². The molecule has 0 aliphatic heterocycles. The van der Waals surface area contributed by atoms with Crippen molar-refractivity contribution in [3.8, 4) is 0 Å². The Labute approximate surface area is 197 Å². The van der Waals surface area contributed by atoms with E-state index in [4.69, 9.17) is 4.42 Å². The number of nitrogens with one attached hydrogen (secondary N) is 2. The zero-order chi connectivity index (χ0) is 23.3. The first-order valence-corrected chi connectivity index (χ1v) is 12.8. The van der Waals surface area contributed by atoms with Crippen LogP contribution >= 0.6 is 11.8 Å². The van der Waals surface area contributed by atoms with Crippen molar-refractivity contribution in [1.82, 2.24) is 10.6 Å². The Bertz CT molecular complexity index is 820. The van der Waals surface area contributed by atoms with Gasteiger partial charge >= 0.3 is 0 Å². The second-order valence-corrected chi connectivity index (χ2v) is 9.80. The smallest absolute Gasteiger partial charge is 0.251 e. The first-order valence-electron chi connectivity index (χ1n) is 11.6. The SMILES string of the molecule is CCCCC(NCC(CC(C)C)NC(=O)c1cccc(C)c1)C(=O)CSCc1ccco1. The normalized spacial score (nSPS) is 13.2. The summed E-state index contributed by atoms with van der Waals surface area (Å²) in [7, 11) is 0. The molecule has 1 aromatic carbocycles. The summed E-state index contributed by atoms with van der Waals surface area (Å²) in [5.74, 6) is 2.62. The lowest BCUT2D eigenvalue weighted by Gasteiger charge is -2.25. The molecule has 2 atom stereocenters. The third-order valence-corrected chi connectivity index (χ3v) is 6.26. The minimum atomic E-state index is -0.190. The standard InChI is InChI=1S/C26H38N2O3S/c1-5-6-12-24(25(29)18-32-17-23-11-8-13-31-23)27-16-22(14-19(2)3)28-26(30)21-10-7-9-20(4)15-21/h7-11,13,15,19,22,24,27H,5-6,12,14,16-18H2,1-4H3,(H,28,30). The number of rotatable bonds is 15. The first-order chi connectivity index (χ1) is 15.4. The summed E-state index contributed by atoms with van der Waals surface area (Å²) >= 11 is 1.58. The van der Waals surface area contributed by atoms with Crippen molar-refractivity contribution >= 4 is 23.5 Å². The van der Waals surface area contributed by atoms with E-state index in [-0.39, 0.29) is 23.8 Å². The molecule has 1 heterocycles. The van der Waals surface area contributed by atoms with Crippen molar-refractivity contribution in [3.05, 3.63) is 59.5 Å². The van der Waals surface area contributed by atoms with Crippen LogP contribution in [0.4, 0.5) is 0 Å². The molecule has 0 radical (unpaired) electrons. The molecule has 0 aliphatic rings. The fourth-order valence-corrected chi connectivity index (χ4v) is 4.50. The van der Waals surface area contributed by atoms with E-state index in [0.717, 1.165) is 37.0 Å². The van der Waals surface area contributed by atoms with Crippen molar-refractivity contribution in [2.75, 3.05) is 12.3 Å². The fourth-order valence-electron chi connectivity index (χ4n) is 3.63. The van der Waals surface area contributed by atoms with E-state index in [9.17, 15) is 9.59 Å². The second kappa shape index (κ2) is 14.2. The van der Waals surface area contributed by atoms with Crippen molar-refractivity contribution in [2.45, 2.75) is 71.2 Å². The van der Waals surface area contributed by atoms with Crippen LogP contribution in [0.5, 0.6) is 0 Å². The molecule has 5 nitrogen and oxygen atoms in total. The van der Waals surface area contributed by atoms with Gasteiger partial charge in [-0.15, -0.1) is 11.8 Å². The Morgan fingerprint density at radius 1 is 1.16 bits per heavy atom. The zero-order valence-corrected chi connectivity index (χ0v) is 20.7. The lowest BCUT2D eigenvalue weighted by molar-refractivity contribution is -0.118. The highest BCUT2D eigenvalue weighted by Gasteiger charge is 2.21. The molecule has 0 spiro atoms. The minimum absolute atomic E-state index is 0.0317. The molecule has 2 aromatic rings. The van der Waals surface area contributed by atoms with Crippen LogP contribution in [0.3, 0.4) is 0 Å². The summed E-state index contributed by atoms with van der Waals surface area (Å²) in [6.45, 7) is 9.00. The molecule has 0 saturated heterocycles. The Morgan fingerprint density at radius 2 is 1.97 bits per heavy atom. The predicted octanol–water partition coefficient (Wildman–Crippen LogP) is 5.38. The maximum Gasteiger partial charge on any atom is 0.251 e. The van der Waals surface area contributed by atoms with Gasteiger partial charge in [-0.2, -0.15) is 0 Å². The zero-order valence-electron chi connectivity index (χ0n) is 19.9. The summed E-state index contributed by atoms with van der Waals surface area (Å²) in [5.41, 5.74) is 1.74. The van der Waals surface area contributed by atoms with Gasteiger partial charge in [-0.1, -0.05) is 51.3 Å². The Balaban J connectivity index is 1.93. The quantitative estimate of drug-likeness (QED) is 0.375.